The minimum absolute atomic E-state index is 0.937. The van der Waals surface area contributed by atoms with E-state index in [0.717, 1.165) is 56.2 Å². The Morgan fingerprint density at radius 3 is 1.00 bits per heavy atom. The molecule has 0 atom stereocenters. The maximum Gasteiger partial charge on any atom is 0.0979 e. The van der Waals surface area contributed by atoms with Gasteiger partial charge in [-0.15, -0.1) is 0 Å². The molecule has 0 saturated carbocycles. The van der Waals surface area contributed by atoms with Crippen LogP contribution in [0.5, 0.6) is 0 Å². The molecule has 0 aliphatic carbocycles. The fraction of sp³-hybridized carbons (Fsp3) is 0. The van der Waals surface area contributed by atoms with Crippen molar-refractivity contribution in [2.75, 3.05) is 0 Å². The highest BCUT2D eigenvalue weighted by Gasteiger charge is 2.30. The number of rotatable bonds is 2. The fourth-order valence-electron chi connectivity index (χ4n) is 5.72. The summed E-state index contributed by atoms with van der Waals surface area (Å²) in [5.41, 5.74) is 10.7. The van der Waals surface area contributed by atoms with E-state index >= 15 is 0 Å². The van der Waals surface area contributed by atoms with Gasteiger partial charge in [0, 0.05) is 33.4 Å². The Hall–Kier alpha value is -5.08. The van der Waals surface area contributed by atoms with Crippen LogP contribution in [0.2, 0.25) is 0 Å². The summed E-state index contributed by atoms with van der Waals surface area (Å²) in [6.45, 7) is 0. The van der Waals surface area contributed by atoms with E-state index in [4.69, 9.17) is 9.98 Å². The van der Waals surface area contributed by atoms with E-state index in [1.54, 1.807) is 0 Å². The van der Waals surface area contributed by atoms with Crippen LogP contribution < -0.4 is 0 Å². The molecule has 2 nitrogen and oxygen atoms in total. The molecule has 0 N–H and O–H groups in total. The molecule has 8 rings (SSSR count). The highest BCUT2D eigenvalue weighted by molar-refractivity contribution is 6.28. The maximum atomic E-state index is 5.33. The lowest BCUT2D eigenvalue weighted by Crippen LogP contribution is -2.00. The smallest absolute Gasteiger partial charge is 0.0979 e. The maximum absolute atomic E-state index is 5.33. The van der Waals surface area contributed by atoms with Gasteiger partial charge in [-0.25, -0.2) is 9.98 Å². The zero-order chi connectivity index (χ0) is 25.1. The van der Waals surface area contributed by atoms with Crippen LogP contribution in [-0.4, -0.2) is 11.4 Å². The SMILES string of the molecule is c1ccc(C2=N/C(=C3/N=C(c4ccccc4)c4cc5ccccc5cc43)c3cc4ccccc4cc32)cc1. The second-order valence-electron chi connectivity index (χ2n) is 9.84. The van der Waals surface area contributed by atoms with Crippen molar-refractivity contribution in [1.82, 2.24) is 0 Å². The summed E-state index contributed by atoms with van der Waals surface area (Å²) >= 11 is 0. The van der Waals surface area contributed by atoms with E-state index in [1.165, 1.54) is 21.5 Å². The van der Waals surface area contributed by atoms with Crippen LogP contribution in [0.3, 0.4) is 0 Å². The molecule has 6 aromatic rings. The Morgan fingerprint density at radius 2 is 0.632 bits per heavy atom. The van der Waals surface area contributed by atoms with Gasteiger partial charge in [0.15, 0.2) is 0 Å². The lowest BCUT2D eigenvalue weighted by molar-refractivity contribution is 1.51. The van der Waals surface area contributed by atoms with Crippen molar-refractivity contribution in [3.05, 3.63) is 167 Å². The Morgan fingerprint density at radius 1 is 0.316 bits per heavy atom. The fourth-order valence-corrected chi connectivity index (χ4v) is 5.72. The summed E-state index contributed by atoms with van der Waals surface area (Å²) in [5.74, 6) is 0. The Balaban J connectivity index is 1.47. The monoisotopic (exact) mass is 482 g/mol. The molecule has 2 aliphatic rings. The second-order valence-corrected chi connectivity index (χ2v) is 9.84. The third-order valence-corrected chi connectivity index (χ3v) is 7.56. The summed E-state index contributed by atoms with van der Waals surface area (Å²) < 4.78 is 0. The summed E-state index contributed by atoms with van der Waals surface area (Å²) in [6, 6.07) is 47.2. The lowest BCUT2D eigenvalue weighted by Gasteiger charge is -2.09. The van der Waals surface area contributed by atoms with Gasteiger partial charge in [-0.05, 0) is 45.8 Å². The average Bonchev–Trinajstić information content (AvgIpc) is 3.53. The molecule has 2 aliphatic heterocycles. The number of fused-ring (bicyclic) bond motifs is 4. The van der Waals surface area contributed by atoms with Crippen molar-refractivity contribution in [3.63, 3.8) is 0 Å². The Labute approximate surface area is 221 Å². The molecule has 0 fully saturated rings. The quantitative estimate of drug-likeness (QED) is 0.236. The highest BCUT2D eigenvalue weighted by Crippen LogP contribution is 2.44. The van der Waals surface area contributed by atoms with Crippen LogP contribution in [0.1, 0.15) is 33.4 Å². The van der Waals surface area contributed by atoms with Gasteiger partial charge < -0.3 is 0 Å². The first-order valence-corrected chi connectivity index (χ1v) is 12.9. The van der Waals surface area contributed by atoms with Crippen molar-refractivity contribution in [3.8, 4) is 0 Å². The minimum Gasteiger partial charge on any atom is -0.245 e. The first-order chi connectivity index (χ1) is 18.8. The van der Waals surface area contributed by atoms with Crippen molar-refractivity contribution in [1.29, 1.82) is 0 Å². The standard InChI is InChI=1S/C36H22N2/c1-3-11-23(12-4-1)33-29-19-25-15-7-9-17-27(25)21-31(29)35(37-33)36-32-22-28-18-10-8-16-26(28)20-30(32)34(38-36)24-13-5-2-6-14-24/h1-22H/b36-35+. The molecular formula is C36H22N2. The topological polar surface area (TPSA) is 24.7 Å². The molecule has 0 bridgehead atoms. The van der Waals surface area contributed by atoms with Gasteiger partial charge in [-0.3, -0.25) is 0 Å². The highest BCUT2D eigenvalue weighted by atomic mass is 14.9. The first kappa shape index (κ1) is 21.0. The van der Waals surface area contributed by atoms with E-state index in [1.807, 2.05) is 0 Å². The van der Waals surface area contributed by atoms with Crippen LogP contribution in [0.25, 0.3) is 32.9 Å². The number of benzene rings is 6. The molecule has 38 heavy (non-hydrogen) atoms. The van der Waals surface area contributed by atoms with Gasteiger partial charge in [-0.2, -0.15) is 0 Å². The molecule has 2 heterocycles. The van der Waals surface area contributed by atoms with E-state index in [2.05, 4.69) is 133 Å². The molecule has 6 aromatic carbocycles. The molecule has 0 amide bonds. The third kappa shape index (κ3) is 3.21. The number of aliphatic imine (C=N–C) groups is 2. The normalized spacial score (nSPS) is 15.9. The average molecular weight is 483 g/mol. The Kier molecular flexibility index (Phi) is 4.55. The zero-order valence-corrected chi connectivity index (χ0v) is 20.6. The summed E-state index contributed by atoms with van der Waals surface area (Å²) in [4.78, 5) is 10.7. The van der Waals surface area contributed by atoms with Crippen molar-refractivity contribution >= 4 is 44.4 Å². The molecule has 0 aromatic heterocycles. The molecule has 0 radical (unpaired) electrons. The second kappa shape index (κ2) is 8.22. The molecule has 176 valence electrons. The number of hydrogen-bond donors (Lipinski definition) is 0. The lowest BCUT2D eigenvalue weighted by atomic mass is 9.93. The minimum atomic E-state index is 0.937. The van der Waals surface area contributed by atoms with E-state index in [9.17, 15) is 0 Å². The number of hydrogen-bond acceptors (Lipinski definition) is 2. The molecule has 2 heteroatoms. The first-order valence-electron chi connectivity index (χ1n) is 12.9. The van der Waals surface area contributed by atoms with Crippen LogP contribution in [0.15, 0.2) is 143 Å². The van der Waals surface area contributed by atoms with Gasteiger partial charge in [-0.1, -0.05) is 109 Å². The van der Waals surface area contributed by atoms with Crippen LogP contribution in [0, 0.1) is 0 Å². The molecule has 0 saturated heterocycles. The van der Waals surface area contributed by atoms with Gasteiger partial charge in [0.05, 0.1) is 22.8 Å². The zero-order valence-electron chi connectivity index (χ0n) is 20.6. The molecular weight excluding hydrogens is 460 g/mol. The van der Waals surface area contributed by atoms with Gasteiger partial charge >= 0.3 is 0 Å². The van der Waals surface area contributed by atoms with Crippen LogP contribution in [0.4, 0.5) is 0 Å². The van der Waals surface area contributed by atoms with Gasteiger partial charge in [0.25, 0.3) is 0 Å². The van der Waals surface area contributed by atoms with Crippen molar-refractivity contribution in [2.24, 2.45) is 9.98 Å². The van der Waals surface area contributed by atoms with Crippen LogP contribution in [-0.2, 0) is 0 Å². The van der Waals surface area contributed by atoms with E-state index in [-0.39, 0.29) is 0 Å². The van der Waals surface area contributed by atoms with Crippen molar-refractivity contribution < 1.29 is 0 Å². The summed E-state index contributed by atoms with van der Waals surface area (Å²) in [6.07, 6.45) is 0. The number of nitrogens with zero attached hydrogens (tertiary/aromatic N) is 2. The predicted molar refractivity (Wildman–Crippen MR) is 159 cm³/mol. The largest absolute Gasteiger partial charge is 0.245 e. The van der Waals surface area contributed by atoms with Gasteiger partial charge in [0.2, 0.25) is 0 Å². The van der Waals surface area contributed by atoms with E-state index in [0.29, 0.717) is 0 Å². The molecule has 0 unspecified atom stereocenters. The van der Waals surface area contributed by atoms with Crippen molar-refractivity contribution in [2.45, 2.75) is 0 Å². The predicted octanol–water partition coefficient (Wildman–Crippen LogP) is 8.52. The summed E-state index contributed by atoms with van der Waals surface area (Å²) in [5, 5.41) is 4.84. The van der Waals surface area contributed by atoms with Gasteiger partial charge in [0.1, 0.15) is 0 Å². The Bertz CT molecular complexity index is 1850. The van der Waals surface area contributed by atoms with E-state index < -0.39 is 0 Å². The summed E-state index contributed by atoms with van der Waals surface area (Å²) in [7, 11) is 0. The third-order valence-electron chi connectivity index (χ3n) is 7.56. The molecule has 0 spiro atoms. The van der Waals surface area contributed by atoms with Crippen LogP contribution >= 0.6 is 0 Å².